The van der Waals surface area contributed by atoms with Crippen LogP contribution in [0.5, 0.6) is 0 Å². The molecular formula is C20H20ClN5. The summed E-state index contributed by atoms with van der Waals surface area (Å²) >= 11 is 6.03. The van der Waals surface area contributed by atoms with E-state index in [1.165, 1.54) is 5.69 Å². The molecular weight excluding hydrogens is 346 g/mol. The van der Waals surface area contributed by atoms with Gasteiger partial charge in [-0.25, -0.2) is 4.68 Å². The molecule has 0 bridgehead atoms. The van der Waals surface area contributed by atoms with Crippen molar-refractivity contribution in [2.45, 2.75) is 13.0 Å². The molecule has 0 radical (unpaired) electrons. The van der Waals surface area contributed by atoms with Gasteiger partial charge in [0.2, 0.25) is 5.95 Å². The minimum absolute atomic E-state index is 0.0191. The Hall–Kier alpha value is -2.79. The summed E-state index contributed by atoms with van der Waals surface area (Å²) in [4.78, 5) is 6.62. The van der Waals surface area contributed by atoms with Gasteiger partial charge in [-0.15, -0.1) is 0 Å². The van der Waals surface area contributed by atoms with Crippen molar-refractivity contribution in [1.82, 2.24) is 14.8 Å². The Balaban J connectivity index is 1.78. The van der Waals surface area contributed by atoms with Crippen LogP contribution in [0.3, 0.4) is 0 Å². The van der Waals surface area contributed by atoms with Gasteiger partial charge in [-0.1, -0.05) is 35.9 Å². The fraction of sp³-hybridized carbons (Fsp3) is 0.200. The number of benzene rings is 2. The molecule has 0 saturated heterocycles. The van der Waals surface area contributed by atoms with E-state index >= 15 is 0 Å². The van der Waals surface area contributed by atoms with Gasteiger partial charge in [0.05, 0.1) is 0 Å². The van der Waals surface area contributed by atoms with Crippen molar-refractivity contribution < 1.29 is 0 Å². The van der Waals surface area contributed by atoms with Gasteiger partial charge in [-0.2, -0.15) is 10.1 Å². The van der Waals surface area contributed by atoms with E-state index in [9.17, 15) is 0 Å². The van der Waals surface area contributed by atoms with Gasteiger partial charge in [-0.05, 0) is 48.4 Å². The van der Waals surface area contributed by atoms with Crippen LogP contribution >= 0.6 is 11.6 Å². The van der Waals surface area contributed by atoms with E-state index in [0.29, 0.717) is 0 Å². The summed E-state index contributed by atoms with van der Waals surface area (Å²) < 4.78 is 1.93. The first kappa shape index (κ1) is 16.7. The normalized spacial score (nSPS) is 15.8. The van der Waals surface area contributed by atoms with Crippen LogP contribution in [0, 0.1) is 6.92 Å². The molecule has 0 spiro atoms. The molecule has 3 aromatic rings. The smallest absolute Gasteiger partial charge is 0.226 e. The number of hydrogen-bond donors (Lipinski definition) is 1. The van der Waals surface area contributed by atoms with Crippen LogP contribution in [0.2, 0.25) is 5.02 Å². The molecule has 1 atom stereocenters. The van der Waals surface area contributed by atoms with E-state index in [2.05, 4.69) is 50.6 Å². The maximum absolute atomic E-state index is 6.03. The molecule has 5 nitrogen and oxygen atoms in total. The van der Waals surface area contributed by atoms with Gasteiger partial charge >= 0.3 is 0 Å². The molecule has 0 fully saturated rings. The number of aromatic nitrogens is 3. The maximum Gasteiger partial charge on any atom is 0.226 e. The van der Waals surface area contributed by atoms with Crippen molar-refractivity contribution in [2.24, 2.45) is 0 Å². The van der Waals surface area contributed by atoms with Crippen LogP contribution in [0.4, 0.5) is 11.6 Å². The first-order chi connectivity index (χ1) is 12.5. The predicted molar refractivity (Wildman–Crippen MR) is 107 cm³/mol. The van der Waals surface area contributed by atoms with E-state index in [0.717, 1.165) is 33.6 Å². The molecule has 0 amide bonds. The number of anilines is 2. The van der Waals surface area contributed by atoms with E-state index in [-0.39, 0.29) is 6.04 Å². The monoisotopic (exact) mass is 365 g/mol. The van der Waals surface area contributed by atoms with Gasteiger partial charge in [-0.3, -0.25) is 0 Å². The summed E-state index contributed by atoms with van der Waals surface area (Å²) in [5.74, 6) is 1.49. The van der Waals surface area contributed by atoms with Crippen molar-refractivity contribution in [3.8, 4) is 0 Å². The summed E-state index contributed by atoms with van der Waals surface area (Å²) in [7, 11) is 4.08. The molecule has 132 valence electrons. The third kappa shape index (κ3) is 3.06. The average molecular weight is 366 g/mol. The van der Waals surface area contributed by atoms with Crippen molar-refractivity contribution in [3.63, 3.8) is 0 Å². The Morgan fingerprint density at radius 3 is 2.38 bits per heavy atom. The zero-order valence-electron chi connectivity index (χ0n) is 14.9. The van der Waals surface area contributed by atoms with E-state index in [1.807, 2.05) is 50.0 Å². The number of hydrogen-bond acceptors (Lipinski definition) is 4. The number of rotatable bonds is 3. The van der Waals surface area contributed by atoms with Crippen LogP contribution in [0.15, 0.2) is 54.6 Å². The maximum atomic E-state index is 6.03. The summed E-state index contributed by atoms with van der Waals surface area (Å²) in [5.41, 5.74) is 4.40. The van der Waals surface area contributed by atoms with Crippen LogP contribution in [0.25, 0.3) is 5.70 Å². The number of allylic oxidation sites excluding steroid dienone is 1. The minimum atomic E-state index is -0.0191. The molecule has 0 aliphatic carbocycles. The molecule has 1 unspecified atom stereocenters. The second-order valence-electron chi connectivity index (χ2n) is 6.57. The Kier molecular flexibility index (Phi) is 4.17. The van der Waals surface area contributed by atoms with Crippen LogP contribution in [0.1, 0.15) is 23.0 Å². The fourth-order valence-electron chi connectivity index (χ4n) is 3.10. The third-order valence-electron chi connectivity index (χ3n) is 4.48. The zero-order valence-corrected chi connectivity index (χ0v) is 15.7. The molecule has 1 aromatic heterocycles. The highest BCUT2D eigenvalue weighted by molar-refractivity contribution is 6.30. The highest BCUT2D eigenvalue weighted by atomic mass is 35.5. The summed E-state index contributed by atoms with van der Waals surface area (Å²) in [6.07, 6.45) is 2.18. The fourth-order valence-corrected chi connectivity index (χ4v) is 3.23. The topological polar surface area (TPSA) is 46.0 Å². The Bertz CT molecular complexity index is 955. The average Bonchev–Trinajstić information content (AvgIpc) is 3.01. The highest BCUT2D eigenvalue weighted by Gasteiger charge is 2.24. The van der Waals surface area contributed by atoms with E-state index in [4.69, 9.17) is 11.6 Å². The molecule has 1 aliphatic rings. The Morgan fingerprint density at radius 1 is 1.04 bits per heavy atom. The standard InChI is InChI=1S/C20H20ClN5/c1-13-22-20-23-18(14-4-8-16(21)9-5-14)12-19(26(20)24-13)15-6-10-17(11-7-15)25(2)3/h4-12,19H,1-3H3,(H,22,23,24). The first-order valence-corrected chi connectivity index (χ1v) is 8.84. The molecule has 4 rings (SSSR count). The highest BCUT2D eigenvalue weighted by Crippen LogP contribution is 2.33. The quantitative estimate of drug-likeness (QED) is 0.749. The van der Waals surface area contributed by atoms with Gasteiger partial charge in [0.15, 0.2) is 0 Å². The summed E-state index contributed by atoms with van der Waals surface area (Å²) in [5, 5.41) is 8.68. The van der Waals surface area contributed by atoms with Gasteiger partial charge in [0.25, 0.3) is 0 Å². The number of fused-ring (bicyclic) bond motifs is 1. The van der Waals surface area contributed by atoms with Gasteiger partial charge < -0.3 is 10.2 Å². The minimum Gasteiger partial charge on any atom is -0.378 e. The predicted octanol–water partition coefficient (Wildman–Crippen LogP) is 4.36. The number of aryl methyl sites for hydroxylation is 1. The summed E-state index contributed by atoms with van der Waals surface area (Å²) in [6.45, 7) is 1.90. The summed E-state index contributed by atoms with van der Waals surface area (Å²) in [6, 6.07) is 16.3. The van der Waals surface area contributed by atoms with Gasteiger partial charge in [0, 0.05) is 30.5 Å². The lowest BCUT2D eigenvalue weighted by atomic mass is 10.0. The van der Waals surface area contributed by atoms with E-state index in [1.54, 1.807) is 0 Å². The molecule has 0 saturated carbocycles. The molecule has 2 aromatic carbocycles. The lowest BCUT2D eigenvalue weighted by Crippen LogP contribution is -2.20. The number of nitrogens with zero attached hydrogens (tertiary/aromatic N) is 4. The number of halogens is 1. The Morgan fingerprint density at radius 2 is 1.73 bits per heavy atom. The van der Waals surface area contributed by atoms with Crippen LogP contribution < -0.4 is 10.2 Å². The number of nitrogens with one attached hydrogen (secondary N) is 1. The van der Waals surface area contributed by atoms with Crippen molar-refractivity contribution in [2.75, 3.05) is 24.3 Å². The van der Waals surface area contributed by atoms with Crippen molar-refractivity contribution in [1.29, 1.82) is 0 Å². The lowest BCUT2D eigenvalue weighted by Gasteiger charge is -2.25. The molecule has 26 heavy (non-hydrogen) atoms. The first-order valence-electron chi connectivity index (χ1n) is 8.46. The third-order valence-corrected chi connectivity index (χ3v) is 4.73. The molecule has 6 heteroatoms. The SMILES string of the molecule is Cc1nc2n(n1)C(c1ccc(N(C)C)cc1)C=C(c1ccc(Cl)cc1)N2. The largest absolute Gasteiger partial charge is 0.378 e. The van der Waals surface area contributed by atoms with E-state index < -0.39 is 0 Å². The van der Waals surface area contributed by atoms with Crippen molar-refractivity contribution >= 4 is 28.9 Å². The second kappa shape index (κ2) is 6.50. The van der Waals surface area contributed by atoms with Crippen LogP contribution in [-0.4, -0.2) is 28.9 Å². The van der Waals surface area contributed by atoms with Gasteiger partial charge in [0.1, 0.15) is 11.9 Å². The molecule has 1 N–H and O–H groups in total. The van der Waals surface area contributed by atoms with Crippen molar-refractivity contribution in [3.05, 3.63) is 76.6 Å². The molecule has 1 aliphatic heterocycles. The van der Waals surface area contributed by atoms with Crippen LogP contribution in [-0.2, 0) is 0 Å². The Labute approximate surface area is 157 Å². The lowest BCUT2D eigenvalue weighted by molar-refractivity contribution is 0.607. The second-order valence-corrected chi connectivity index (χ2v) is 7.01. The molecule has 2 heterocycles. The zero-order chi connectivity index (χ0) is 18.3.